The van der Waals surface area contributed by atoms with Crippen LogP contribution in [0.5, 0.6) is 0 Å². The average Bonchev–Trinajstić information content (AvgIpc) is 2.71. The van der Waals surface area contributed by atoms with Crippen LogP contribution >= 0.6 is 0 Å². The third-order valence-electron chi connectivity index (χ3n) is 6.78. The number of hydrogen-bond acceptors (Lipinski definition) is 2. The number of aliphatic hydroxyl groups is 1. The molecule has 0 aliphatic rings. The Labute approximate surface area is 194 Å². The normalized spacial score (nSPS) is 14.0. The van der Waals surface area contributed by atoms with E-state index in [1.54, 1.807) is 0 Å². The first-order chi connectivity index (χ1) is 14.7. The van der Waals surface area contributed by atoms with Gasteiger partial charge in [0.05, 0.1) is 20.6 Å². The molecular weight excluding hydrogens is 386 g/mol. The second-order valence-electron chi connectivity index (χ2n) is 10.6. The number of quaternary nitrogens is 1. The van der Waals surface area contributed by atoms with Crippen LogP contribution < -0.4 is 0 Å². The minimum atomic E-state index is -0.715. The number of rotatable bonds is 23. The number of nitrogens with zero attached hydrogens (tertiary/aromatic N) is 1. The van der Waals surface area contributed by atoms with E-state index in [2.05, 4.69) is 27.9 Å². The van der Waals surface area contributed by atoms with Gasteiger partial charge in [-0.05, 0) is 25.7 Å². The van der Waals surface area contributed by atoms with E-state index >= 15 is 0 Å². The molecule has 0 fully saturated rings. The summed E-state index contributed by atoms with van der Waals surface area (Å²) in [5.41, 5.74) is -0.590. The van der Waals surface area contributed by atoms with Crippen LogP contribution in [0, 0.1) is 0 Å². The summed E-state index contributed by atoms with van der Waals surface area (Å²) in [6, 6.07) is 0. The Kier molecular flexibility index (Phi) is 18.5. The van der Waals surface area contributed by atoms with Gasteiger partial charge in [-0.15, -0.1) is 0 Å². The molecule has 0 radical (unpaired) electrons. The Morgan fingerprint density at radius 2 is 1.16 bits per heavy atom. The van der Waals surface area contributed by atoms with Crippen LogP contribution in [0.3, 0.4) is 0 Å². The summed E-state index contributed by atoms with van der Waals surface area (Å²) in [5.74, 6) is -0.715. The maximum atomic E-state index is 11.1. The van der Waals surface area contributed by atoms with Crippen molar-refractivity contribution in [2.75, 3.05) is 27.2 Å². The van der Waals surface area contributed by atoms with Gasteiger partial charge in [-0.1, -0.05) is 104 Å². The van der Waals surface area contributed by atoms with Crippen molar-refractivity contribution < 1.29 is 19.5 Å². The smallest absolute Gasteiger partial charge is 0.303 e. The van der Waals surface area contributed by atoms with Crippen LogP contribution in [0.25, 0.3) is 0 Å². The summed E-state index contributed by atoms with van der Waals surface area (Å²) in [4.78, 5) is 10.7. The molecule has 0 bridgehead atoms. The van der Waals surface area contributed by atoms with Gasteiger partial charge in [0.1, 0.15) is 12.1 Å². The van der Waals surface area contributed by atoms with Crippen LogP contribution in [0.1, 0.15) is 136 Å². The van der Waals surface area contributed by atoms with Crippen molar-refractivity contribution in [3.05, 3.63) is 0 Å². The van der Waals surface area contributed by atoms with Crippen LogP contribution in [0.15, 0.2) is 0 Å². The maximum Gasteiger partial charge on any atom is 0.303 e. The lowest BCUT2D eigenvalue weighted by atomic mass is 9.91. The summed E-state index contributed by atoms with van der Waals surface area (Å²) >= 11 is 0. The van der Waals surface area contributed by atoms with Gasteiger partial charge >= 0.3 is 5.97 Å². The highest BCUT2D eigenvalue weighted by molar-refractivity contribution is 5.66. The molecule has 0 saturated heterocycles. The molecule has 1 unspecified atom stereocenters. The van der Waals surface area contributed by atoms with Crippen molar-refractivity contribution in [3.8, 4) is 0 Å². The SMILES string of the molecule is CCCCCCCCCCCCCCCCC(O)(CC)C[N+](C)(C)CCCCC(=O)O. The van der Waals surface area contributed by atoms with E-state index in [0.717, 1.165) is 49.7 Å². The monoisotopic (exact) mass is 442 g/mol. The minimum absolute atomic E-state index is 0.247. The van der Waals surface area contributed by atoms with Gasteiger partial charge in [0, 0.05) is 6.42 Å². The zero-order chi connectivity index (χ0) is 23.4. The molecule has 4 nitrogen and oxygen atoms in total. The second-order valence-corrected chi connectivity index (χ2v) is 10.6. The summed E-state index contributed by atoms with van der Waals surface area (Å²) < 4.78 is 0.766. The Morgan fingerprint density at radius 3 is 1.58 bits per heavy atom. The Balaban J connectivity index is 3.74. The van der Waals surface area contributed by atoms with Crippen molar-refractivity contribution in [1.29, 1.82) is 0 Å². The fourth-order valence-electron chi connectivity index (χ4n) is 4.71. The molecule has 0 spiro atoms. The lowest BCUT2D eigenvalue weighted by molar-refractivity contribution is -0.897. The highest BCUT2D eigenvalue weighted by atomic mass is 16.4. The van der Waals surface area contributed by atoms with E-state index in [1.807, 2.05) is 0 Å². The lowest BCUT2D eigenvalue weighted by Gasteiger charge is -2.38. The molecule has 0 aliphatic heterocycles. The highest BCUT2D eigenvalue weighted by Crippen LogP contribution is 2.24. The number of aliphatic carboxylic acids is 1. The van der Waals surface area contributed by atoms with Crippen molar-refractivity contribution in [3.63, 3.8) is 0 Å². The summed E-state index contributed by atoms with van der Waals surface area (Å²) in [6.45, 7) is 6.05. The summed E-state index contributed by atoms with van der Waals surface area (Å²) in [6.07, 6.45) is 22.6. The van der Waals surface area contributed by atoms with Gasteiger partial charge in [0.25, 0.3) is 0 Å². The van der Waals surface area contributed by atoms with Gasteiger partial charge in [-0.2, -0.15) is 0 Å². The molecular formula is C27H56NO3+. The zero-order valence-corrected chi connectivity index (χ0v) is 21.6. The lowest BCUT2D eigenvalue weighted by Crippen LogP contribution is -2.52. The second kappa shape index (κ2) is 18.9. The number of unbranched alkanes of at least 4 members (excludes halogenated alkanes) is 14. The van der Waals surface area contributed by atoms with Gasteiger partial charge in [0.15, 0.2) is 0 Å². The molecule has 0 saturated carbocycles. The molecule has 0 rings (SSSR count). The molecule has 0 aliphatic carbocycles. The van der Waals surface area contributed by atoms with E-state index < -0.39 is 11.6 Å². The molecule has 4 heteroatoms. The molecule has 0 aromatic rings. The number of carboxylic acid groups (broad SMARTS) is 1. The predicted molar refractivity (Wildman–Crippen MR) is 133 cm³/mol. The number of carboxylic acids is 1. The van der Waals surface area contributed by atoms with Crippen molar-refractivity contribution in [1.82, 2.24) is 0 Å². The Morgan fingerprint density at radius 1 is 0.710 bits per heavy atom. The zero-order valence-electron chi connectivity index (χ0n) is 21.6. The van der Waals surface area contributed by atoms with E-state index in [9.17, 15) is 9.90 Å². The maximum absolute atomic E-state index is 11.1. The van der Waals surface area contributed by atoms with Crippen LogP contribution in [0.4, 0.5) is 0 Å². The number of likely N-dealkylation sites (N-methyl/N-ethyl adjacent to an activating group) is 1. The minimum Gasteiger partial charge on any atom is -0.481 e. The highest BCUT2D eigenvalue weighted by Gasteiger charge is 2.32. The topological polar surface area (TPSA) is 57.5 Å². The van der Waals surface area contributed by atoms with Crippen LogP contribution in [0.2, 0.25) is 0 Å². The first kappa shape index (κ1) is 30.4. The van der Waals surface area contributed by atoms with E-state index in [0.29, 0.717) is 0 Å². The fourth-order valence-corrected chi connectivity index (χ4v) is 4.71. The van der Waals surface area contributed by atoms with E-state index in [-0.39, 0.29) is 6.42 Å². The first-order valence-electron chi connectivity index (χ1n) is 13.5. The Hall–Kier alpha value is -0.610. The quantitative estimate of drug-likeness (QED) is 0.129. The molecule has 0 aromatic carbocycles. The molecule has 2 N–H and O–H groups in total. The van der Waals surface area contributed by atoms with Gasteiger partial charge in [0.2, 0.25) is 0 Å². The van der Waals surface area contributed by atoms with Crippen molar-refractivity contribution in [2.45, 2.75) is 141 Å². The molecule has 186 valence electrons. The first-order valence-corrected chi connectivity index (χ1v) is 13.5. The predicted octanol–water partition coefficient (Wildman–Crippen LogP) is 7.33. The molecule has 0 heterocycles. The van der Waals surface area contributed by atoms with Gasteiger partial charge < -0.3 is 14.7 Å². The van der Waals surface area contributed by atoms with Gasteiger partial charge in [-0.3, -0.25) is 4.79 Å². The third kappa shape index (κ3) is 19.8. The standard InChI is InChI=1S/C27H55NO3/c1-5-7-8-9-10-11-12-13-14-15-16-17-18-20-23-27(31,6-2)25-28(3,4)24-21-19-22-26(29)30/h31H,5-25H2,1-4H3/p+1. The molecule has 1 atom stereocenters. The summed E-state index contributed by atoms with van der Waals surface area (Å²) in [5, 5.41) is 19.9. The average molecular weight is 443 g/mol. The number of hydrogen-bond donors (Lipinski definition) is 2. The summed E-state index contributed by atoms with van der Waals surface area (Å²) in [7, 11) is 4.32. The van der Waals surface area contributed by atoms with E-state index in [4.69, 9.17) is 5.11 Å². The molecule has 31 heavy (non-hydrogen) atoms. The van der Waals surface area contributed by atoms with Crippen LogP contribution in [-0.4, -0.2) is 53.5 Å². The van der Waals surface area contributed by atoms with Crippen molar-refractivity contribution >= 4 is 5.97 Å². The number of carbonyl (C=O) groups is 1. The molecule has 0 amide bonds. The molecule has 0 aromatic heterocycles. The van der Waals surface area contributed by atoms with Gasteiger partial charge in [-0.25, -0.2) is 0 Å². The Bertz CT molecular complexity index is 425. The fraction of sp³-hybridized carbons (Fsp3) is 0.963. The van der Waals surface area contributed by atoms with Crippen molar-refractivity contribution in [2.24, 2.45) is 0 Å². The largest absolute Gasteiger partial charge is 0.481 e. The van der Waals surface area contributed by atoms with E-state index in [1.165, 1.54) is 83.5 Å². The third-order valence-corrected chi connectivity index (χ3v) is 6.78. The van der Waals surface area contributed by atoms with Crippen LogP contribution in [-0.2, 0) is 4.79 Å².